The molecule has 0 fully saturated rings. The molecule has 1 unspecified atom stereocenters. The molecule has 0 saturated carbocycles. The maximum Gasteiger partial charge on any atom is 0.00693 e. The molecule has 0 spiro atoms. The quantitative estimate of drug-likeness (QED) is 0.565. The molecule has 0 aliphatic carbocycles. The fourth-order valence-corrected chi connectivity index (χ4v) is 1.89. The maximum absolute atomic E-state index is 5.68. The van der Waals surface area contributed by atoms with Gasteiger partial charge in [-0.15, -0.1) is 11.8 Å². The normalized spacial score (nSPS) is 12.7. The van der Waals surface area contributed by atoms with E-state index in [2.05, 4.69) is 35.8 Å². The number of thioether (sulfide) groups is 1. The molecule has 0 bridgehead atoms. The number of hydrogen-bond donors (Lipinski definition) is 2. The van der Waals surface area contributed by atoms with E-state index in [1.165, 1.54) is 10.5 Å². The lowest BCUT2D eigenvalue weighted by atomic mass is 10.1. The third-order valence-electron chi connectivity index (χ3n) is 2.53. The summed E-state index contributed by atoms with van der Waals surface area (Å²) in [5.74, 6) is 0. The Morgan fingerprint density at radius 3 is 2.50 bits per heavy atom. The topological polar surface area (TPSA) is 38.0 Å². The lowest BCUT2D eigenvalue weighted by molar-refractivity contribution is 0.590. The minimum absolute atomic E-state index is 0.299. The van der Waals surface area contributed by atoms with E-state index in [-0.39, 0.29) is 0 Å². The smallest absolute Gasteiger partial charge is 0.00693 e. The van der Waals surface area contributed by atoms with E-state index in [4.69, 9.17) is 5.73 Å². The highest BCUT2D eigenvalue weighted by Gasteiger charge is 1.95. The van der Waals surface area contributed by atoms with Crippen molar-refractivity contribution in [2.24, 2.45) is 5.73 Å². The molecule has 1 aromatic carbocycles. The van der Waals surface area contributed by atoms with Crippen molar-refractivity contribution in [1.29, 1.82) is 0 Å². The van der Waals surface area contributed by atoms with Crippen molar-refractivity contribution in [1.82, 2.24) is 5.32 Å². The summed E-state index contributed by atoms with van der Waals surface area (Å²) in [5, 5.41) is 3.41. The zero-order valence-electron chi connectivity index (χ0n) is 10.2. The van der Waals surface area contributed by atoms with E-state index in [1.54, 1.807) is 11.8 Å². The van der Waals surface area contributed by atoms with Crippen LogP contribution in [0.2, 0.25) is 0 Å². The summed E-state index contributed by atoms with van der Waals surface area (Å²) in [4.78, 5) is 1.33. The van der Waals surface area contributed by atoms with Gasteiger partial charge in [0.1, 0.15) is 0 Å². The summed E-state index contributed by atoms with van der Waals surface area (Å²) in [6.45, 7) is 4.09. The number of nitrogens with two attached hydrogens (primary N) is 1. The molecule has 0 aliphatic rings. The van der Waals surface area contributed by atoms with Crippen LogP contribution in [0.4, 0.5) is 0 Å². The van der Waals surface area contributed by atoms with E-state index in [9.17, 15) is 0 Å². The molecule has 2 nitrogen and oxygen atoms in total. The highest BCUT2D eigenvalue weighted by atomic mass is 32.2. The van der Waals surface area contributed by atoms with Crippen LogP contribution in [0, 0.1) is 0 Å². The second-order valence-electron chi connectivity index (χ2n) is 4.11. The van der Waals surface area contributed by atoms with Gasteiger partial charge in [0.15, 0.2) is 0 Å². The minimum Gasteiger partial charge on any atom is -0.328 e. The van der Waals surface area contributed by atoms with Crippen molar-refractivity contribution < 1.29 is 0 Å². The summed E-state index contributed by atoms with van der Waals surface area (Å²) >= 11 is 1.78. The van der Waals surface area contributed by atoms with Crippen LogP contribution in [0.25, 0.3) is 0 Å². The molecule has 1 aromatic rings. The van der Waals surface area contributed by atoms with Crippen LogP contribution in [-0.4, -0.2) is 25.4 Å². The van der Waals surface area contributed by atoms with Gasteiger partial charge in [-0.05, 0) is 56.8 Å². The first-order valence-corrected chi connectivity index (χ1v) is 7.04. The highest BCUT2D eigenvalue weighted by Crippen LogP contribution is 2.14. The Hall–Kier alpha value is -0.510. The van der Waals surface area contributed by atoms with Crippen LogP contribution in [0.3, 0.4) is 0 Å². The Labute approximate surface area is 103 Å². The maximum atomic E-state index is 5.68. The second-order valence-corrected chi connectivity index (χ2v) is 4.99. The summed E-state index contributed by atoms with van der Waals surface area (Å²) in [7, 11) is 0. The molecule has 1 atom stereocenters. The van der Waals surface area contributed by atoms with Gasteiger partial charge in [0.2, 0.25) is 0 Å². The summed E-state index contributed by atoms with van der Waals surface area (Å²) in [6.07, 6.45) is 4.24. The standard InChI is InChI=1S/C13H22N2S/c1-11(14)7-9-15-10-8-12-3-5-13(16-2)6-4-12/h3-6,11,15H,7-10,14H2,1-2H3. The summed E-state index contributed by atoms with van der Waals surface area (Å²) in [6, 6.07) is 9.08. The van der Waals surface area contributed by atoms with Gasteiger partial charge in [-0.1, -0.05) is 12.1 Å². The van der Waals surface area contributed by atoms with Crippen LogP contribution in [0.1, 0.15) is 18.9 Å². The van der Waals surface area contributed by atoms with Gasteiger partial charge in [-0.2, -0.15) is 0 Å². The zero-order chi connectivity index (χ0) is 11.8. The fraction of sp³-hybridized carbons (Fsp3) is 0.538. The van der Waals surface area contributed by atoms with Gasteiger partial charge in [-0.3, -0.25) is 0 Å². The van der Waals surface area contributed by atoms with Crippen LogP contribution < -0.4 is 11.1 Å². The second kappa shape index (κ2) is 7.71. The Morgan fingerprint density at radius 1 is 1.25 bits per heavy atom. The lowest BCUT2D eigenvalue weighted by Gasteiger charge is -2.07. The largest absolute Gasteiger partial charge is 0.328 e. The molecule has 0 saturated heterocycles. The van der Waals surface area contributed by atoms with Crippen molar-refractivity contribution in [2.45, 2.75) is 30.7 Å². The van der Waals surface area contributed by atoms with Gasteiger partial charge in [0.25, 0.3) is 0 Å². The molecule has 0 aromatic heterocycles. The van der Waals surface area contributed by atoms with Crippen LogP contribution >= 0.6 is 11.8 Å². The molecule has 0 heterocycles. The molecule has 90 valence electrons. The Kier molecular flexibility index (Phi) is 6.53. The van der Waals surface area contributed by atoms with Gasteiger partial charge in [0.05, 0.1) is 0 Å². The summed E-state index contributed by atoms with van der Waals surface area (Å²) in [5.41, 5.74) is 7.07. The molecule has 3 heteroatoms. The third kappa shape index (κ3) is 5.54. The molecule has 0 radical (unpaired) electrons. The Bertz CT molecular complexity index is 282. The van der Waals surface area contributed by atoms with Gasteiger partial charge in [-0.25, -0.2) is 0 Å². The average Bonchev–Trinajstić information content (AvgIpc) is 2.29. The van der Waals surface area contributed by atoms with Crippen LogP contribution in [0.15, 0.2) is 29.2 Å². The van der Waals surface area contributed by atoms with Crippen LogP contribution in [0.5, 0.6) is 0 Å². The predicted octanol–water partition coefficient (Wildman–Crippen LogP) is 2.28. The Balaban J connectivity index is 2.16. The molecule has 1 rings (SSSR count). The molecule has 0 amide bonds. The fourth-order valence-electron chi connectivity index (χ4n) is 1.48. The highest BCUT2D eigenvalue weighted by molar-refractivity contribution is 7.98. The average molecular weight is 238 g/mol. The molecule has 16 heavy (non-hydrogen) atoms. The van der Waals surface area contributed by atoms with Crippen molar-refractivity contribution >= 4 is 11.8 Å². The van der Waals surface area contributed by atoms with Gasteiger partial charge < -0.3 is 11.1 Å². The van der Waals surface area contributed by atoms with Crippen molar-refractivity contribution in [3.8, 4) is 0 Å². The molecular weight excluding hydrogens is 216 g/mol. The predicted molar refractivity (Wildman–Crippen MR) is 73.1 cm³/mol. The monoisotopic (exact) mass is 238 g/mol. The SMILES string of the molecule is CSc1ccc(CCNCCC(C)N)cc1. The molecule has 3 N–H and O–H groups in total. The van der Waals surface area contributed by atoms with E-state index < -0.39 is 0 Å². The van der Waals surface area contributed by atoms with E-state index >= 15 is 0 Å². The van der Waals surface area contributed by atoms with E-state index in [1.807, 2.05) is 6.92 Å². The van der Waals surface area contributed by atoms with Crippen LogP contribution in [-0.2, 0) is 6.42 Å². The number of nitrogens with one attached hydrogen (secondary N) is 1. The van der Waals surface area contributed by atoms with Gasteiger partial charge in [0, 0.05) is 10.9 Å². The first kappa shape index (κ1) is 13.6. The first-order chi connectivity index (χ1) is 7.72. The van der Waals surface area contributed by atoms with E-state index in [0.29, 0.717) is 6.04 Å². The number of hydrogen-bond acceptors (Lipinski definition) is 3. The third-order valence-corrected chi connectivity index (χ3v) is 3.27. The zero-order valence-corrected chi connectivity index (χ0v) is 11.0. The lowest BCUT2D eigenvalue weighted by Crippen LogP contribution is -2.25. The summed E-state index contributed by atoms with van der Waals surface area (Å²) < 4.78 is 0. The number of benzene rings is 1. The van der Waals surface area contributed by atoms with E-state index in [0.717, 1.165) is 25.9 Å². The first-order valence-electron chi connectivity index (χ1n) is 5.81. The number of rotatable bonds is 7. The van der Waals surface area contributed by atoms with Gasteiger partial charge >= 0.3 is 0 Å². The van der Waals surface area contributed by atoms with Crippen molar-refractivity contribution in [3.63, 3.8) is 0 Å². The van der Waals surface area contributed by atoms with Crippen molar-refractivity contribution in [3.05, 3.63) is 29.8 Å². The van der Waals surface area contributed by atoms with Crippen molar-refractivity contribution in [2.75, 3.05) is 19.3 Å². The Morgan fingerprint density at radius 2 is 1.94 bits per heavy atom. The molecular formula is C13H22N2S. The minimum atomic E-state index is 0.299. The molecule has 0 aliphatic heterocycles.